The Morgan fingerprint density at radius 2 is 1.58 bits per heavy atom. The van der Waals surface area contributed by atoms with Gasteiger partial charge in [-0.05, 0) is 31.0 Å². The number of aromatic nitrogens is 3. The van der Waals surface area contributed by atoms with Crippen molar-refractivity contribution in [3.63, 3.8) is 0 Å². The third-order valence-corrected chi connectivity index (χ3v) is 4.78. The molecule has 0 aliphatic rings. The smallest absolute Gasteiger partial charge is 0.107 e. The number of para-hydroxylation sites is 2. The summed E-state index contributed by atoms with van der Waals surface area (Å²) >= 11 is 0. The normalized spacial score (nSPS) is 11.2. The molecule has 0 bridgehead atoms. The van der Waals surface area contributed by atoms with Gasteiger partial charge in [-0.25, -0.2) is 4.98 Å². The first kappa shape index (κ1) is 16.6. The third-order valence-electron chi connectivity index (χ3n) is 4.78. The second kappa shape index (κ2) is 8.00. The molecule has 0 aliphatic heterocycles. The maximum atomic E-state index is 4.52. The van der Waals surface area contributed by atoms with E-state index in [0.29, 0.717) is 0 Å². The van der Waals surface area contributed by atoms with E-state index in [2.05, 4.69) is 62.3 Å². The van der Waals surface area contributed by atoms with Gasteiger partial charge < -0.3 is 9.88 Å². The molecular formula is C22H24N4. The Kier molecular flexibility index (Phi) is 5.10. The standard InChI is InChI=1S/C22H24N4/c1(8-14-23-18-10-4-3-5-11-18)2-9-15-26-17-25-21-16-24-20-13-7-6-12-19(20)22(21)26/h3-7,10-13,16-17,23H,1-2,8-9,14-15H2. The molecule has 1 N–H and O–H groups in total. The lowest BCUT2D eigenvalue weighted by molar-refractivity contribution is 0.586. The molecule has 26 heavy (non-hydrogen) atoms. The number of unbranched alkanes of at least 4 members (excludes halogenated alkanes) is 3. The van der Waals surface area contributed by atoms with E-state index >= 15 is 0 Å². The average molecular weight is 344 g/mol. The number of pyridine rings is 1. The first-order valence-electron chi connectivity index (χ1n) is 9.39. The number of fused-ring (bicyclic) bond motifs is 3. The number of hydrogen-bond acceptors (Lipinski definition) is 3. The molecule has 132 valence electrons. The highest BCUT2D eigenvalue weighted by atomic mass is 15.0. The van der Waals surface area contributed by atoms with E-state index in [9.17, 15) is 0 Å². The molecule has 0 saturated carbocycles. The van der Waals surface area contributed by atoms with Crippen molar-refractivity contribution >= 4 is 27.6 Å². The highest BCUT2D eigenvalue weighted by Gasteiger charge is 2.07. The van der Waals surface area contributed by atoms with Crippen molar-refractivity contribution in [1.82, 2.24) is 14.5 Å². The zero-order chi connectivity index (χ0) is 17.6. The minimum absolute atomic E-state index is 0.982. The summed E-state index contributed by atoms with van der Waals surface area (Å²) in [5, 5.41) is 4.66. The molecule has 4 aromatic rings. The summed E-state index contributed by atoms with van der Waals surface area (Å²) < 4.78 is 2.28. The molecule has 2 aromatic carbocycles. The van der Waals surface area contributed by atoms with Crippen LogP contribution in [0.3, 0.4) is 0 Å². The van der Waals surface area contributed by atoms with E-state index < -0.39 is 0 Å². The van der Waals surface area contributed by atoms with E-state index in [4.69, 9.17) is 0 Å². The van der Waals surface area contributed by atoms with Crippen LogP contribution in [0.25, 0.3) is 21.9 Å². The molecule has 4 heteroatoms. The van der Waals surface area contributed by atoms with Crippen LogP contribution >= 0.6 is 0 Å². The van der Waals surface area contributed by atoms with Gasteiger partial charge in [-0.15, -0.1) is 0 Å². The summed E-state index contributed by atoms with van der Waals surface area (Å²) in [5.41, 5.74) is 4.43. The number of nitrogens with one attached hydrogen (secondary N) is 1. The molecule has 0 spiro atoms. The monoisotopic (exact) mass is 344 g/mol. The van der Waals surface area contributed by atoms with Crippen molar-refractivity contribution in [1.29, 1.82) is 0 Å². The summed E-state index contributed by atoms with van der Waals surface area (Å²) in [6.07, 6.45) is 8.69. The molecule has 0 saturated heterocycles. The molecule has 2 heterocycles. The molecule has 0 fully saturated rings. The third kappa shape index (κ3) is 3.69. The van der Waals surface area contributed by atoms with Gasteiger partial charge in [0.1, 0.15) is 5.52 Å². The van der Waals surface area contributed by atoms with Crippen LogP contribution in [0.1, 0.15) is 25.7 Å². The summed E-state index contributed by atoms with van der Waals surface area (Å²) in [4.78, 5) is 9.02. The Bertz CT molecular complexity index is 975. The highest BCUT2D eigenvalue weighted by molar-refractivity contribution is 6.01. The van der Waals surface area contributed by atoms with Gasteiger partial charge in [0, 0.05) is 24.2 Å². The Morgan fingerprint density at radius 3 is 2.50 bits per heavy atom. The maximum absolute atomic E-state index is 4.52. The minimum atomic E-state index is 0.982. The lowest BCUT2D eigenvalue weighted by Crippen LogP contribution is -2.01. The summed E-state index contributed by atoms with van der Waals surface area (Å²) in [6, 6.07) is 18.7. The van der Waals surface area contributed by atoms with Gasteiger partial charge in [-0.1, -0.05) is 49.2 Å². The number of imidazole rings is 1. The SMILES string of the molecule is c1ccc(NCCCCCCn2cnc3cnc4ccccc4c32)cc1. The molecule has 2 aromatic heterocycles. The van der Waals surface area contributed by atoms with Crippen LogP contribution in [0.4, 0.5) is 5.69 Å². The van der Waals surface area contributed by atoms with Crippen molar-refractivity contribution in [3.8, 4) is 0 Å². The summed E-state index contributed by atoms with van der Waals surface area (Å²) in [5.74, 6) is 0. The second-order valence-electron chi connectivity index (χ2n) is 6.65. The topological polar surface area (TPSA) is 42.7 Å². The molecule has 0 amide bonds. The summed E-state index contributed by atoms with van der Waals surface area (Å²) in [7, 11) is 0. The van der Waals surface area contributed by atoms with Crippen molar-refractivity contribution < 1.29 is 0 Å². The van der Waals surface area contributed by atoms with Gasteiger partial charge in [0.2, 0.25) is 0 Å². The fraction of sp³-hybridized carbons (Fsp3) is 0.273. The van der Waals surface area contributed by atoms with Crippen LogP contribution in [0.5, 0.6) is 0 Å². The molecule has 4 rings (SSSR count). The predicted octanol–water partition coefficient (Wildman–Crippen LogP) is 5.26. The molecular weight excluding hydrogens is 320 g/mol. The fourth-order valence-electron chi connectivity index (χ4n) is 3.42. The van der Waals surface area contributed by atoms with E-state index in [1.165, 1.54) is 42.3 Å². The number of benzene rings is 2. The van der Waals surface area contributed by atoms with Crippen LogP contribution in [0.2, 0.25) is 0 Å². The van der Waals surface area contributed by atoms with E-state index in [1.807, 2.05) is 24.7 Å². The van der Waals surface area contributed by atoms with E-state index in [1.54, 1.807) is 0 Å². The van der Waals surface area contributed by atoms with E-state index in [-0.39, 0.29) is 0 Å². The largest absolute Gasteiger partial charge is 0.385 e. The average Bonchev–Trinajstić information content (AvgIpc) is 3.12. The van der Waals surface area contributed by atoms with Gasteiger partial charge in [0.25, 0.3) is 0 Å². The van der Waals surface area contributed by atoms with Gasteiger partial charge >= 0.3 is 0 Å². The van der Waals surface area contributed by atoms with Crippen molar-refractivity contribution in [3.05, 3.63) is 67.1 Å². The minimum Gasteiger partial charge on any atom is -0.385 e. The molecule has 4 nitrogen and oxygen atoms in total. The number of hydrogen-bond donors (Lipinski definition) is 1. The van der Waals surface area contributed by atoms with Crippen molar-refractivity contribution in [2.45, 2.75) is 32.2 Å². The van der Waals surface area contributed by atoms with Crippen LogP contribution < -0.4 is 5.32 Å². The molecule has 0 unspecified atom stereocenters. The number of aryl methyl sites for hydroxylation is 1. The number of anilines is 1. The quantitative estimate of drug-likeness (QED) is 0.444. The van der Waals surface area contributed by atoms with Gasteiger partial charge in [-0.3, -0.25) is 4.98 Å². The van der Waals surface area contributed by atoms with Crippen molar-refractivity contribution in [2.24, 2.45) is 0 Å². The van der Waals surface area contributed by atoms with Crippen molar-refractivity contribution in [2.75, 3.05) is 11.9 Å². The van der Waals surface area contributed by atoms with Gasteiger partial charge in [0.15, 0.2) is 0 Å². The molecule has 0 atom stereocenters. The summed E-state index contributed by atoms with van der Waals surface area (Å²) in [6.45, 7) is 2.05. The lowest BCUT2D eigenvalue weighted by atomic mass is 10.1. The predicted molar refractivity (Wildman–Crippen MR) is 108 cm³/mol. The zero-order valence-corrected chi connectivity index (χ0v) is 14.9. The highest BCUT2D eigenvalue weighted by Crippen LogP contribution is 2.23. The Morgan fingerprint density at radius 1 is 0.769 bits per heavy atom. The first-order valence-corrected chi connectivity index (χ1v) is 9.39. The van der Waals surface area contributed by atoms with Gasteiger partial charge in [-0.2, -0.15) is 0 Å². The maximum Gasteiger partial charge on any atom is 0.107 e. The zero-order valence-electron chi connectivity index (χ0n) is 14.9. The Hall–Kier alpha value is -2.88. The molecule has 0 radical (unpaired) electrons. The molecule has 0 aliphatic carbocycles. The lowest BCUT2D eigenvalue weighted by Gasteiger charge is -2.08. The van der Waals surface area contributed by atoms with Crippen LogP contribution in [0.15, 0.2) is 67.1 Å². The van der Waals surface area contributed by atoms with Gasteiger partial charge in [0.05, 0.1) is 23.6 Å². The fourth-order valence-corrected chi connectivity index (χ4v) is 3.42. The van der Waals surface area contributed by atoms with E-state index in [0.717, 1.165) is 24.1 Å². The Labute approximate surface area is 153 Å². The first-order chi connectivity index (χ1) is 12.9. The number of nitrogens with zero attached hydrogens (tertiary/aromatic N) is 3. The van der Waals surface area contributed by atoms with Crippen LogP contribution in [-0.2, 0) is 6.54 Å². The number of rotatable bonds is 8. The van der Waals surface area contributed by atoms with Crippen LogP contribution in [0, 0.1) is 0 Å². The Balaban J connectivity index is 1.28. The second-order valence-corrected chi connectivity index (χ2v) is 6.65. The van der Waals surface area contributed by atoms with Crippen LogP contribution in [-0.4, -0.2) is 21.1 Å².